The fourth-order valence-corrected chi connectivity index (χ4v) is 0.270. The van der Waals surface area contributed by atoms with Crippen molar-refractivity contribution >= 4 is 11.9 Å². The number of rotatable bonds is 3. The maximum absolute atomic E-state index is 9.77. The number of aliphatic carboxylic acids is 2. The van der Waals surface area contributed by atoms with Crippen molar-refractivity contribution in [2.24, 2.45) is 0 Å². The zero-order chi connectivity index (χ0) is 8.31. The Morgan fingerprint density at radius 1 is 0.917 bits per heavy atom. The van der Waals surface area contributed by atoms with E-state index >= 15 is 0 Å². The van der Waals surface area contributed by atoms with Gasteiger partial charge in [0.15, 0.2) is 12.2 Å². The second-order valence-corrected chi connectivity index (χ2v) is 1.57. The number of carboxylic acid groups (broad SMARTS) is 2. The van der Waals surface area contributed by atoms with Crippen LogP contribution < -0.4 is 42.0 Å². The van der Waals surface area contributed by atoms with E-state index in [0.29, 0.717) is 0 Å². The third-order valence-corrected chi connectivity index (χ3v) is 0.805. The molecule has 0 fully saturated rings. The van der Waals surface area contributed by atoms with Gasteiger partial charge < -0.3 is 32.8 Å². The molecule has 0 saturated carbocycles. The first-order valence-corrected chi connectivity index (χ1v) is 2.28. The molecular weight excluding hydrogens is 202 g/mol. The molecule has 0 spiro atoms. The van der Waals surface area contributed by atoms with Crippen molar-refractivity contribution in [1.82, 2.24) is 0 Å². The SMILES string of the molecule is O=C(O)C(O)C(O)C(=O)O.[Cl-].[Na+]. The van der Waals surface area contributed by atoms with Crippen LogP contribution in [0.4, 0.5) is 0 Å². The zero-order valence-corrected chi connectivity index (χ0v) is 8.89. The summed E-state index contributed by atoms with van der Waals surface area (Å²) in [6.07, 6.45) is -4.53. The molecule has 0 radical (unpaired) electrons. The van der Waals surface area contributed by atoms with E-state index in [2.05, 4.69) is 0 Å². The van der Waals surface area contributed by atoms with Crippen LogP contribution in [0.25, 0.3) is 0 Å². The molecule has 0 aromatic rings. The fraction of sp³-hybridized carbons (Fsp3) is 0.500. The van der Waals surface area contributed by atoms with Crippen LogP contribution in [0.3, 0.4) is 0 Å². The number of aliphatic hydroxyl groups is 2. The Kier molecular flexibility index (Phi) is 11.7. The summed E-state index contributed by atoms with van der Waals surface area (Å²) in [4.78, 5) is 19.5. The van der Waals surface area contributed by atoms with Gasteiger partial charge in [-0.25, -0.2) is 9.59 Å². The van der Waals surface area contributed by atoms with Gasteiger partial charge in [0.1, 0.15) is 0 Å². The van der Waals surface area contributed by atoms with Crippen LogP contribution in [0.15, 0.2) is 0 Å². The molecule has 0 aromatic heterocycles. The van der Waals surface area contributed by atoms with Crippen molar-refractivity contribution in [2.45, 2.75) is 12.2 Å². The summed E-state index contributed by atoms with van der Waals surface area (Å²) >= 11 is 0. The van der Waals surface area contributed by atoms with E-state index in [9.17, 15) is 9.59 Å². The van der Waals surface area contributed by atoms with E-state index in [1.807, 2.05) is 0 Å². The quantitative estimate of drug-likeness (QED) is 0.343. The van der Waals surface area contributed by atoms with E-state index in [4.69, 9.17) is 20.4 Å². The molecule has 0 rings (SSSR count). The van der Waals surface area contributed by atoms with Gasteiger partial charge in [-0.3, -0.25) is 0 Å². The molecule has 66 valence electrons. The summed E-state index contributed by atoms with van der Waals surface area (Å²) in [5.41, 5.74) is 0. The predicted molar refractivity (Wildman–Crippen MR) is 27.3 cm³/mol. The van der Waals surface area contributed by atoms with Crippen LogP contribution in [0.1, 0.15) is 0 Å². The first kappa shape index (κ1) is 18.0. The van der Waals surface area contributed by atoms with Gasteiger partial charge in [-0.15, -0.1) is 0 Å². The monoisotopic (exact) mass is 208 g/mol. The van der Waals surface area contributed by atoms with Gasteiger partial charge in [0, 0.05) is 0 Å². The predicted octanol–water partition coefficient (Wildman–Crippen LogP) is -8.11. The summed E-state index contributed by atoms with van der Waals surface area (Å²) in [7, 11) is 0. The minimum absolute atomic E-state index is 0. The van der Waals surface area contributed by atoms with Crippen LogP contribution in [-0.2, 0) is 9.59 Å². The number of hydrogen-bond acceptors (Lipinski definition) is 4. The molecule has 0 aliphatic heterocycles. The Labute approximate surface area is 95.9 Å². The van der Waals surface area contributed by atoms with Gasteiger partial charge in [-0.2, -0.15) is 0 Å². The molecule has 0 aliphatic rings. The van der Waals surface area contributed by atoms with Gasteiger partial charge in [-0.1, -0.05) is 0 Å². The molecule has 0 bridgehead atoms. The molecule has 2 atom stereocenters. The molecule has 0 amide bonds. The summed E-state index contributed by atoms with van der Waals surface area (Å²) in [5.74, 6) is -3.54. The summed E-state index contributed by atoms with van der Waals surface area (Å²) in [5, 5.41) is 32.5. The number of hydrogen-bond donors (Lipinski definition) is 4. The van der Waals surface area contributed by atoms with Gasteiger partial charge in [-0.05, 0) is 0 Å². The van der Waals surface area contributed by atoms with Crippen LogP contribution >= 0.6 is 0 Å². The van der Waals surface area contributed by atoms with Crippen LogP contribution in [0.2, 0.25) is 0 Å². The topological polar surface area (TPSA) is 115 Å². The Balaban J connectivity index is -0.000000405. The molecule has 0 saturated heterocycles. The first-order chi connectivity index (χ1) is 4.46. The number of halogens is 1. The molecule has 4 N–H and O–H groups in total. The maximum Gasteiger partial charge on any atom is 1.00 e. The summed E-state index contributed by atoms with van der Waals surface area (Å²) in [6, 6.07) is 0. The Hall–Kier alpha value is 0.150. The molecule has 12 heavy (non-hydrogen) atoms. The Morgan fingerprint density at radius 2 is 1.08 bits per heavy atom. The standard InChI is InChI=1S/C4H6O6.ClH.Na/c5-1(3(7)8)2(6)4(9)10;;/h1-2,5-6H,(H,7,8)(H,9,10);1H;/q;;+1/p-1. The van der Waals surface area contributed by atoms with Crippen molar-refractivity contribution in [3.05, 3.63) is 0 Å². The second-order valence-electron chi connectivity index (χ2n) is 1.57. The van der Waals surface area contributed by atoms with E-state index in [1.54, 1.807) is 0 Å². The zero-order valence-electron chi connectivity index (χ0n) is 6.14. The fourth-order valence-electron chi connectivity index (χ4n) is 0.270. The first-order valence-electron chi connectivity index (χ1n) is 2.28. The van der Waals surface area contributed by atoms with E-state index < -0.39 is 24.1 Å². The van der Waals surface area contributed by atoms with Crippen LogP contribution in [0.5, 0.6) is 0 Å². The van der Waals surface area contributed by atoms with Crippen LogP contribution in [-0.4, -0.2) is 44.6 Å². The van der Waals surface area contributed by atoms with Gasteiger partial charge in [0.05, 0.1) is 0 Å². The smallest absolute Gasteiger partial charge is 1.00 e. The van der Waals surface area contributed by atoms with Gasteiger partial charge >= 0.3 is 41.5 Å². The molecule has 0 aromatic carbocycles. The third kappa shape index (κ3) is 5.76. The molecule has 8 heteroatoms. The molecule has 2 unspecified atom stereocenters. The number of carbonyl (C=O) groups is 2. The van der Waals surface area contributed by atoms with Crippen molar-refractivity contribution in [3.8, 4) is 0 Å². The second kappa shape index (κ2) is 7.78. The summed E-state index contributed by atoms with van der Waals surface area (Å²) in [6.45, 7) is 0. The molecule has 0 aliphatic carbocycles. The minimum atomic E-state index is -2.27. The van der Waals surface area contributed by atoms with Gasteiger partial charge in [0.2, 0.25) is 0 Å². The number of carboxylic acids is 2. The number of aliphatic hydroxyl groups excluding tert-OH is 2. The van der Waals surface area contributed by atoms with E-state index in [-0.39, 0.29) is 42.0 Å². The van der Waals surface area contributed by atoms with E-state index in [0.717, 1.165) is 0 Å². The minimum Gasteiger partial charge on any atom is -1.00 e. The molecule has 0 heterocycles. The van der Waals surface area contributed by atoms with Crippen molar-refractivity contribution in [1.29, 1.82) is 0 Å². The largest absolute Gasteiger partial charge is 1.00 e. The molecular formula is C4H6ClNaO6. The Morgan fingerprint density at radius 3 is 1.17 bits per heavy atom. The average Bonchev–Trinajstić information content (AvgIpc) is 1.84. The Bertz CT molecular complexity index is 144. The van der Waals surface area contributed by atoms with Crippen molar-refractivity contribution < 1.29 is 72.0 Å². The normalized spacial score (nSPS) is 13.2. The van der Waals surface area contributed by atoms with E-state index in [1.165, 1.54) is 0 Å². The van der Waals surface area contributed by atoms with Crippen molar-refractivity contribution in [2.75, 3.05) is 0 Å². The maximum atomic E-state index is 9.77. The van der Waals surface area contributed by atoms with Gasteiger partial charge in [0.25, 0.3) is 0 Å². The molecule has 6 nitrogen and oxygen atoms in total. The third-order valence-electron chi connectivity index (χ3n) is 0.805. The van der Waals surface area contributed by atoms with Crippen LogP contribution in [0, 0.1) is 0 Å². The van der Waals surface area contributed by atoms with Crippen molar-refractivity contribution in [3.63, 3.8) is 0 Å². The average molecular weight is 209 g/mol. The summed E-state index contributed by atoms with van der Waals surface area (Å²) < 4.78 is 0.